The van der Waals surface area contributed by atoms with Gasteiger partial charge in [-0.3, -0.25) is 0 Å². The fourth-order valence-corrected chi connectivity index (χ4v) is 2.72. The van der Waals surface area contributed by atoms with E-state index in [2.05, 4.69) is 21.7 Å². The van der Waals surface area contributed by atoms with E-state index in [4.69, 9.17) is 10.5 Å². The molecule has 16 heavy (non-hydrogen) atoms. The molecule has 1 aromatic heterocycles. The maximum atomic E-state index is 6.00. The number of hydrogen-bond donors (Lipinski definition) is 1. The largest absolute Gasteiger partial charge is 0.378 e. The quantitative estimate of drug-likeness (QED) is 0.749. The lowest BCUT2D eigenvalue weighted by Crippen LogP contribution is -2.33. The van der Waals surface area contributed by atoms with Crippen LogP contribution >= 0.6 is 0 Å². The van der Waals surface area contributed by atoms with Crippen molar-refractivity contribution in [1.29, 1.82) is 0 Å². The van der Waals surface area contributed by atoms with Gasteiger partial charge >= 0.3 is 0 Å². The molecule has 1 saturated heterocycles. The Bertz CT molecular complexity index is 389. The smallest absolute Gasteiger partial charge is 0.138 e. The van der Waals surface area contributed by atoms with Crippen LogP contribution in [0.4, 0.5) is 0 Å². The van der Waals surface area contributed by atoms with Crippen LogP contribution in [-0.2, 0) is 17.7 Å². The molecule has 0 amide bonds. The van der Waals surface area contributed by atoms with Crippen LogP contribution < -0.4 is 5.73 Å². The van der Waals surface area contributed by atoms with Crippen molar-refractivity contribution < 1.29 is 4.74 Å². The molecule has 3 unspecified atom stereocenters. The molecule has 2 N–H and O–H groups in total. The summed E-state index contributed by atoms with van der Waals surface area (Å²) in [5, 5.41) is 8.61. The predicted molar refractivity (Wildman–Crippen MR) is 59.1 cm³/mol. The Morgan fingerprint density at radius 2 is 2.25 bits per heavy atom. The molecule has 0 spiro atoms. The number of hydrogen-bond acceptors (Lipinski definition) is 4. The lowest BCUT2D eigenvalue weighted by atomic mass is 10.0. The van der Waals surface area contributed by atoms with E-state index in [1.165, 1.54) is 0 Å². The number of aryl methyl sites for hydroxylation is 1. The molecule has 0 saturated carbocycles. The van der Waals surface area contributed by atoms with Gasteiger partial charge in [-0.2, -0.15) is 0 Å². The summed E-state index contributed by atoms with van der Waals surface area (Å²) in [4.78, 5) is 0. The topological polar surface area (TPSA) is 66.0 Å². The van der Waals surface area contributed by atoms with Gasteiger partial charge in [0.15, 0.2) is 0 Å². The summed E-state index contributed by atoms with van der Waals surface area (Å²) in [6.07, 6.45) is 3.28. The highest BCUT2D eigenvalue weighted by molar-refractivity contribution is 5.08. The zero-order valence-corrected chi connectivity index (χ0v) is 9.59. The van der Waals surface area contributed by atoms with Gasteiger partial charge in [-0.15, -0.1) is 10.2 Å². The van der Waals surface area contributed by atoms with Crippen LogP contribution in [-0.4, -0.2) is 33.5 Å². The molecule has 2 aliphatic rings. The van der Waals surface area contributed by atoms with E-state index in [-0.39, 0.29) is 12.1 Å². The summed E-state index contributed by atoms with van der Waals surface area (Å²) in [7, 11) is 0. The molecule has 0 bridgehead atoms. The van der Waals surface area contributed by atoms with E-state index in [0.29, 0.717) is 5.92 Å². The predicted octanol–water partition coefficient (Wildman–Crippen LogP) is 0.444. The third kappa shape index (κ3) is 1.55. The highest BCUT2D eigenvalue weighted by atomic mass is 16.5. The van der Waals surface area contributed by atoms with Gasteiger partial charge in [0.25, 0.3) is 0 Å². The molecular formula is C11H18N4O. The van der Waals surface area contributed by atoms with Gasteiger partial charge < -0.3 is 15.0 Å². The molecule has 5 nitrogen and oxygen atoms in total. The van der Waals surface area contributed by atoms with Gasteiger partial charge in [0.05, 0.1) is 6.10 Å². The fourth-order valence-electron chi connectivity index (χ4n) is 2.72. The lowest BCUT2D eigenvalue weighted by Gasteiger charge is -2.23. The second-order valence-electron chi connectivity index (χ2n) is 4.85. The van der Waals surface area contributed by atoms with Crippen molar-refractivity contribution in [3.63, 3.8) is 0 Å². The molecule has 5 heteroatoms. The minimum atomic E-state index is 0.250. The molecule has 88 valence electrons. The Kier molecular flexibility index (Phi) is 2.44. The first kappa shape index (κ1) is 10.2. The summed E-state index contributed by atoms with van der Waals surface area (Å²) >= 11 is 0. The van der Waals surface area contributed by atoms with Gasteiger partial charge in [0.1, 0.15) is 11.6 Å². The minimum Gasteiger partial charge on any atom is -0.378 e. The van der Waals surface area contributed by atoms with Crippen LogP contribution in [0.5, 0.6) is 0 Å². The minimum absolute atomic E-state index is 0.250. The Balaban J connectivity index is 1.93. The molecular weight excluding hydrogens is 204 g/mol. The second-order valence-corrected chi connectivity index (χ2v) is 4.85. The standard InChI is InChI=1S/C11H18N4O/c1-7-9(4-5-16-7)11-14-13-10-3-2-8(12)6-15(10)11/h7-9H,2-6,12H2,1H3. The Labute approximate surface area is 95.0 Å². The van der Waals surface area contributed by atoms with Crippen molar-refractivity contribution in [3.05, 3.63) is 11.6 Å². The first-order valence-corrected chi connectivity index (χ1v) is 6.05. The summed E-state index contributed by atoms with van der Waals surface area (Å²) in [6.45, 7) is 3.81. The number of rotatable bonds is 1. The number of aromatic nitrogens is 3. The Hall–Kier alpha value is -0.940. The Morgan fingerprint density at radius 1 is 1.38 bits per heavy atom. The van der Waals surface area contributed by atoms with Crippen molar-refractivity contribution in [3.8, 4) is 0 Å². The van der Waals surface area contributed by atoms with Crippen LogP contribution in [0.1, 0.15) is 37.3 Å². The highest BCUT2D eigenvalue weighted by Gasteiger charge is 2.32. The van der Waals surface area contributed by atoms with E-state index in [0.717, 1.165) is 44.1 Å². The lowest BCUT2D eigenvalue weighted by molar-refractivity contribution is 0.116. The maximum absolute atomic E-state index is 6.00. The first-order valence-electron chi connectivity index (χ1n) is 6.05. The molecule has 2 aliphatic heterocycles. The molecule has 3 heterocycles. The molecule has 0 aliphatic carbocycles. The molecule has 0 radical (unpaired) electrons. The molecule has 0 aromatic carbocycles. The molecule has 3 rings (SSSR count). The van der Waals surface area contributed by atoms with Crippen molar-refractivity contribution >= 4 is 0 Å². The third-order valence-corrected chi connectivity index (χ3v) is 3.72. The number of nitrogens with two attached hydrogens (primary N) is 1. The molecule has 1 aromatic rings. The van der Waals surface area contributed by atoms with Crippen LogP contribution in [0.25, 0.3) is 0 Å². The number of fused-ring (bicyclic) bond motifs is 1. The Morgan fingerprint density at radius 3 is 3.00 bits per heavy atom. The summed E-state index contributed by atoms with van der Waals surface area (Å²) in [5.74, 6) is 2.57. The normalized spacial score (nSPS) is 34.0. The van der Waals surface area contributed by atoms with Crippen molar-refractivity contribution in [2.24, 2.45) is 5.73 Å². The van der Waals surface area contributed by atoms with E-state index < -0.39 is 0 Å². The van der Waals surface area contributed by atoms with E-state index >= 15 is 0 Å². The van der Waals surface area contributed by atoms with Gasteiger partial charge in [-0.1, -0.05) is 0 Å². The zero-order valence-electron chi connectivity index (χ0n) is 9.59. The average Bonchev–Trinajstić information content (AvgIpc) is 2.83. The van der Waals surface area contributed by atoms with Crippen molar-refractivity contribution in [2.45, 2.75) is 50.8 Å². The average molecular weight is 222 g/mol. The highest BCUT2D eigenvalue weighted by Crippen LogP contribution is 2.31. The fraction of sp³-hybridized carbons (Fsp3) is 0.818. The van der Waals surface area contributed by atoms with E-state index in [1.54, 1.807) is 0 Å². The third-order valence-electron chi connectivity index (χ3n) is 3.72. The van der Waals surface area contributed by atoms with Gasteiger partial charge in [0, 0.05) is 31.5 Å². The van der Waals surface area contributed by atoms with E-state index in [1.807, 2.05) is 0 Å². The van der Waals surface area contributed by atoms with Crippen molar-refractivity contribution in [1.82, 2.24) is 14.8 Å². The number of nitrogens with zero attached hydrogens (tertiary/aromatic N) is 3. The van der Waals surface area contributed by atoms with Crippen LogP contribution in [0.3, 0.4) is 0 Å². The van der Waals surface area contributed by atoms with Gasteiger partial charge in [-0.25, -0.2) is 0 Å². The molecule has 3 atom stereocenters. The van der Waals surface area contributed by atoms with Gasteiger partial charge in [0.2, 0.25) is 0 Å². The SMILES string of the molecule is CC1OCCC1c1nnc2n1CC(N)CC2. The van der Waals surface area contributed by atoms with Gasteiger partial charge in [-0.05, 0) is 19.8 Å². The maximum Gasteiger partial charge on any atom is 0.138 e. The summed E-state index contributed by atoms with van der Waals surface area (Å²) in [6, 6.07) is 0.250. The van der Waals surface area contributed by atoms with E-state index in [9.17, 15) is 0 Å². The van der Waals surface area contributed by atoms with Crippen LogP contribution in [0.2, 0.25) is 0 Å². The summed E-state index contributed by atoms with van der Waals surface area (Å²) < 4.78 is 7.81. The van der Waals surface area contributed by atoms with Crippen molar-refractivity contribution in [2.75, 3.05) is 6.61 Å². The van der Waals surface area contributed by atoms with Crippen LogP contribution in [0.15, 0.2) is 0 Å². The summed E-state index contributed by atoms with van der Waals surface area (Å²) in [5.41, 5.74) is 6.00. The first-order chi connectivity index (χ1) is 7.75. The zero-order chi connectivity index (χ0) is 11.1. The number of ether oxygens (including phenoxy) is 1. The monoisotopic (exact) mass is 222 g/mol. The molecule has 1 fully saturated rings. The second kappa shape index (κ2) is 3.82. The van der Waals surface area contributed by atoms with Crippen LogP contribution in [0, 0.1) is 0 Å².